The van der Waals surface area contributed by atoms with Gasteiger partial charge in [-0.1, -0.05) is 18.2 Å². The number of fused-ring (bicyclic) bond motifs is 1. The third-order valence-electron chi connectivity index (χ3n) is 3.76. The van der Waals surface area contributed by atoms with Crippen molar-refractivity contribution in [3.8, 4) is 11.5 Å². The van der Waals surface area contributed by atoms with E-state index in [4.69, 9.17) is 9.47 Å². The van der Waals surface area contributed by atoms with E-state index in [-0.39, 0.29) is 17.3 Å². The third kappa shape index (κ3) is 3.15. The van der Waals surface area contributed by atoms with Crippen LogP contribution in [0.5, 0.6) is 11.5 Å². The average molecular weight is 328 g/mol. The first-order valence-corrected chi connectivity index (χ1v) is 7.50. The summed E-state index contributed by atoms with van der Waals surface area (Å²) in [7, 11) is 0. The van der Waals surface area contributed by atoms with Gasteiger partial charge in [0.15, 0.2) is 11.5 Å². The Hall–Kier alpha value is -3.09. The lowest BCUT2D eigenvalue weighted by Crippen LogP contribution is -2.27. The minimum Gasteiger partial charge on any atom is -0.486 e. The van der Waals surface area contributed by atoms with Gasteiger partial charge in [-0.25, -0.2) is 0 Å². The van der Waals surface area contributed by atoms with Crippen LogP contribution in [-0.4, -0.2) is 24.0 Å². The Bertz CT molecular complexity index is 790. The molecule has 24 heavy (non-hydrogen) atoms. The number of benzene rings is 2. The molecule has 1 aliphatic rings. The molecule has 0 unspecified atom stereocenters. The molecule has 0 bridgehead atoms. The van der Waals surface area contributed by atoms with Gasteiger partial charge >= 0.3 is 0 Å². The van der Waals surface area contributed by atoms with E-state index in [0.717, 1.165) is 5.56 Å². The molecule has 0 aliphatic carbocycles. The van der Waals surface area contributed by atoms with Crippen molar-refractivity contribution < 1.29 is 19.2 Å². The number of ether oxygens (including phenoxy) is 2. The summed E-state index contributed by atoms with van der Waals surface area (Å²) in [6.07, 6.45) is 0. The highest BCUT2D eigenvalue weighted by Gasteiger charge is 2.21. The Labute approximate surface area is 138 Å². The first-order valence-electron chi connectivity index (χ1n) is 7.50. The second kappa shape index (κ2) is 6.57. The van der Waals surface area contributed by atoms with E-state index < -0.39 is 10.8 Å². The second-order valence-electron chi connectivity index (χ2n) is 5.37. The Balaban J connectivity index is 1.78. The number of rotatable bonds is 4. The summed E-state index contributed by atoms with van der Waals surface area (Å²) in [5.74, 6) is 0.803. The van der Waals surface area contributed by atoms with Crippen molar-refractivity contribution in [1.29, 1.82) is 0 Å². The zero-order valence-electron chi connectivity index (χ0n) is 13.0. The monoisotopic (exact) mass is 328 g/mol. The van der Waals surface area contributed by atoms with Crippen molar-refractivity contribution >= 4 is 11.6 Å². The zero-order valence-corrected chi connectivity index (χ0v) is 13.0. The van der Waals surface area contributed by atoms with E-state index in [9.17, 15) is 14.9 Å². The number of hydrogen-bond donors (Lipinski definition) is 1. The van der Waals surface area contributed by atoms with Gasteiger partial charge in [0.25, 0.3) is 11.6 Å². The first-order chi connectivity index (χ1) is 11.6. The number of carbonyl (C=O) groups is 1. The molecule has 0 saturated carbocycles. The van der Waals surface area contributed by atoms with E-state index in [1.54, 1.807) is 25.1 Å². The first kappa shape index (κ1) is 15.8. The van der Waals surface area contributed by atoms with Crippen molar-refractivity contribution in [3.63, 3.8) is 0 Å². The van der Waals surface area contributed by atoms with Crippen LogP contribution >= 0.6 is 0 Å². The van der Waals surface area contributed by atoms with E-state index in [1.165, 1.54) is 18.2 Å². The van der Waals surface area contributed by atoms with Gasteiger partial charge in [0.1, 0.15) is 18.8 Å². The molecule has 0 spiro atoms. The number of para-hydroxylation sites is 1. The van der Waals surface area contributed by atoms with Crippen LogP contribution < -0.4 is 14.8 Å². The van der Waals surface area contributed by atoms with Gasteiger partial charge in [0, 0.05) is 6.07 Å². The molecule has 0 saturated heterocycles. The maximum absolute atomic E-state index is 12.4. The molecular weight excluding hydrogens is 312 g/mol. The summed E-state index contributed by atoms with van der Waals surface area (Å²) >= 11 is 0. The largest absolute Gasteiger partial charge is 0.486 e. The van der Waals surface area contributed by atoms with Gasteiger partial charge in [-0.3, -0.25) is 14.9 Å². The predicted octanol–water partition coefficient (Wildman–Crippen LogP) is 2.86. The standard InChI is InChI=1S/C17H16N2O5/c1-11(12-6-7-15-16(10-12)24-9-8-23-15)18-17(20)13-4-2-3-5-14(13)19(21)22/h2-7,10-11H,8-9H2,1H3,(H,18,20)/t11-/m0/s1. The molecule has 7 heteroatoms. The number of nitrogens with one attached hydrogen (secondary N) is 1. The highest BCUT2D eigenvalue weighted by molar-refractivity contribution is 5.98. The van der Waals surface area contributed by atoms with Crippen molar-refractivity contribution in [2.75, 3.05) is 13.2 Å². The maximum atomic E-state index is 12.4. The summed E-state index contributed by atoms with van der Waals surface area (Å²) in [6, 6.07) is 10.9. The van der Waals surface area contributed by atoms with Crippen LogP contribution in [0.3, 0.4) is 0 Å². The van der Waals surface area contributed by atoms with Crippen molar-refractivity contribution in [2.45, 2.75) is 13.0 Å². The van der Waals surface area contributed by atoms with Crippen LogP contribution in [0.4, 0.5) is 5.69 Å². The van der Waals surface area contributed by atoms with Crippen molar-refractivity contribution in [3.05, 3.63) is 63.7 Å². The highest BCUT2D eigenvalue weighted by atomic mass is 16.6. The van der Waals surface area contributed by atoms with Gasteiger partial charge in [0.2, 0.25) is 0 Å². The van der Waals surface area contributed by atoms with Crippen molar-refractivity contribution in [1.82, 2.24) is 5.32 Å². The van der Waals surface area contributed by atoms with E-state index >= 15 is 0 Å². The number of carbonyl (C=O) groups excluding carboxylic acids is 1. The summed E-state index contributed by atoms with van der Waals surface area (Å²) in [5.41, 5.74) is 0.641. The van der Waals surface area contributed by atoms with Crippen LogP contribution in [-0.2, 0) is 0 Å². The molecule has 0 aromatic heterocycles. The van der Waals surface area contributed by atoms with Crippen LogP contribution in [0, 0.1) is 10.1 Å². The molecule has 2 aromatic rings. The molecule has 0 radical (unpaired) electrons. The predicted molar refractivity (Wildman–Crippen MR) is 86.4 cm³/mol. The summed E-state index contributed by atoms with van der Waals surface area (Å²) in [6.45, 7) is 2.79. The maximum Gasteiger partial charge on any atom is 0.282 e. The molecular formula is C17H16N2O5. The number of hydrogen-bond acceptors (Lipinski definition) is 5. The number of nitrogens with zero attached hydrogens (tertiary/aromatic N) is 1. The topological polar surface area (TPSA) is 90.7 Å². The number of amides is 1. The van der Waals surface area contributed by atoms with Crippen molar-refractivity contribution in [2.24, 2.45) is 0 Å². The number of nitro groups is 1. The fourth-order valence-corrected chi connectivity index (χ4v) is 2.51. The van der Waals surface area contributed by atoms with Crippen LogP contribution in [0.15, 0.2) is 42.5 Å². The third-order valence-corrected chi connectivity index (χ3v) is 3.76. The highest BCUT2D eigenvalue weighted by Crippen LogP contribution is 2.32. The molecule has 1 N–H and O–H groups in total. The van der Waals surface area contributed by atoms with E-state index in [0.29, 0.717) is 24.7 Å². The van der Waals surface area contributed by atoms with Crippen LogP contribution in [0.25, 0.3) is 0 Å². The van der Waals surface area contributed by atoms with Gasteiger partial charge in [-0.05, 0) is 30.7 Å². The lowest BCUT2D eigenvalue weighted by Gasteiger charge is -2.21. The van der Waals surface area contributed by atoms with Gasteiger partial charge in [0.05, 0.1) is 11.0 Å². The van der Waals surface area contributed by atoms with Crippen LogP contribution in [0.1, 0.15) is 28.9 Å². The molecule has 1 atom stereocenters. The Morgan fingerprint density at radius 2 is 1.88 bits per heavy atom. The normalized spacial score (nSPS) is 13.9. The Morgan fingerprint density at radius 1 is 1.17 bits per heavy atom. The Kier molecular flexibility index (Phi) is 4.33. The van der Waals surface area contributed by atoms with E-state index in [2.05, 4.69) is 5.32 Å². The van der Waals surface area contributed by atoms with Gasteiger partial charge in [-0.15, -0.1) is 0 Å². The molecule has 1 heterocycles. The summed E-state index contributed by atoms with van der Waals surface area (Å²) in [5, 5.41) is 13.8. The second-order valence-corrected chi connectivity index (χ2v) is 5.37. The van der Waals surface area contributed by atoms with Gasteiger partial charge < -0.3 is 14.8 Å². The lowest BCUT2D eigenvalue weighted by molar-refractivity contribution is -0.385. The minimum absolute atomic E-state index is 0.0342. The molecule has 1 amide bonds. The molecule has 0 fully saturated rings. The van der Waals surface area contributed by atoms with E-state index in [1.807, 2.05) is 6.07 Å². The molecule has 2 aromatic carbocycles. The fourth-order valence-electron chi connectivity index (χ4n) is 2.51. The molecule has 7 nitrogen and oxygen atoms in total. The average Bonchev–Trinajstić information content (AvgIpc) is 2.61. The SMILES string of the molecule is C[C@H](NC(=O)c1ccccc1[N+](=O)[O-])c1ccc2c(c1)OCCO2. The van der Waals surface area contributed by atoms with Crippen LogP contribution in [0.2, 0.25) is 0 Å². The molecule has 124 valence electrons. The minimum atomic E-state index is -0.566. The molecule has 3 rings (SSSR count). The molecule has 1 aliphatic heterocycles. The quantitative estimate of drug-likeness (QED) is 0.688. The number of nitro benzene ring substituents is 1. The Morgan fingerprint density at radius 3 is 2.62 bits per heavy atom. The lowest BCUT2D eigenvalue weighted by atomic mass is 10.1. The summed E-state index contributed by atoms with van der Waals surface area (Å²) < 4.78 is 11.0. The zero-order chi connectivity index (χ0) is 17.1. The summed E-state index contributed by atoms with van der Waals surface area (Å²) in [4.78, 5) is 22.8. The smallest absolute Gasteiger partial charge is 0.282 e. The fraction of sp³-hybridized carbons (Fsp3) is 0.235. The van der Waals surface area contributed by atoms with Gasteiger partial charge in [-0.2, -0.15) is 0 Å².